The van der Waals surface area contributed by atoms with Crippen LogP contribution in [0.4, 0.5) is 17.3 Å². The molecule has 25 heavy (non-hydrogen) atoms. The summed E-state index contributed by atoms with van der Waals surface area (Å²) >= 11 is 11.8. The van der Waals surface area contributed by atoms with Gasteiger partial charge in [-0.2, -0.15) is 0 Å². The zero-order chi connectivity index (χ0) is 18.4. The van der Waals surface area contributed by atoms with Gasteiger partial charge in [0.05, 0.1) is 17.2 Å². The monoisotopic (exact) mass is 384 g/mol. The molecule has 2 rings (SSSR count). The topological polar surface area (TPSA) is 116 Å². The molecule has 5 N–H and O–H groups in total. The van der Waals surface area contributed by atoms with E-state index in [1.807, 2.05) is 6.92 Å². The Morgan fingerprint density at radius 2 is 2.12 bits per heavy atom. The van der Waals surface area contributed by atoms with Gasteiger partial charge in [-0.3, -0.25) is 15.6 Å². The maximum absolute atomic E-state index is 12.2. The smallest absolute Gasteiger partial charge is 0.271 e. The van der Waals surface area contributed by atoms with Gasteiger partial charge in [-0.1, -0.05) is 23.2 Å². The molecule has 0 aliphatic carbocycles. The fourth-order valence-electron chi connectivity index (χ4n) is 2.13. The van der Waals surface area contributed by atoms with Crippen molar-refractivity contribution < 1.29 is 9.90 Å². The second kappa shape index (κ2) is 8.70. The van der Waals surface area contributed by atoms with E-state index in [2.05, 4.69) is 20.8 Å². The predicted molar refractivity (Wildman–Crippen MR) is 99.0 cm³/mol. The first-order valence-corrected chi connectivity index (χ1v) is 8.21. The van der Waals surface area contributed by atoms with E-state index in [-0.39, 0.29) is 28.7 Å². The molecule has 8 nitrogen and oxygen atoms in total. The van der Waals surface area contributed by atoms with Gasteiger partial charge in [-0.15, -0.1) is 0 Å². The summed E-state index contributed by atoms with van der Waals surface area (Å²) in [6.45, 7) is 2.86. The van der Waals surface area contributed by atoms with Crippen LogP contribution in [0.15, 0.2) is 24.5 Å². The van der Waals surface area contributed by atoms with Crippen molar-refractivity contribution in [1.29, 1.82) is 0 Å². The largest absolute Gasteiger partial charge is 0.395 e. The van der Waals surface area contributed by atoms with Crippen molar-refractivity contribution in [2.24, 2.45) is 0 Å². The van der Waals surface area contributed by atoms with Crippen molar-refractivity contribution in [3.8, 4) is 0 Å². The minimum atomic E-state index is -0.469. The minimum absolute atomic E-state index is 0.0359. The number of nitrogens with one attached hydrogen (secondary N) is 2. The second-order valence-corrected chi connectivity index (χ2v) is 5.81. The number of hydrogen-bond acceptors (Lipinski definition) is 7. The number of carbonyl (C=O) groups excluding carboxylic acids is 1. The molecule has 1 aromatic heterocycles. The summed E-state index contributed by atoms with van der Waals surface area (Å²) in [5.74, 6) is 0.233. The van der Waals surface area contributed by atoms with Crippen molar-refractivity contribution in [3.05, 3.63) is 40.1 Å². The van der Waals surface area contributed by atoms with Crippen LogP contribution in [0.3, 0.4) is 0 Å². The van der Waals surface area contributed by atoms with Gasteiger partial charge >= 0.3 is 0 Å². The lowest BCUT2D eigenvalue weighted by Gasteiger charge is -2.23. The number of halogens is 2. The van der Waals surface area contributed by atoms with Crippen LogP contribution in [-0.2, 0) is 0 Å². The van der Waals surface area contributed by atoms with Crippen LogP contribution >= 0.6 is 23.2 Å². The van der Waals surface area contributed by atoms with Crippen LogP contribution in [0.2, 0.25) is 10.0 Å². The summed E-state index contributed by atoms with van der Waals surface area (Å²) in [4.78, 5) is 22.1. The predicted octanol–water partition coefficient (Wildman–Crippen LogP) is 1.94. The molecule has 0 bridgehead atoms. The molecule has 0 saturated heterocycles. The Balaban J connectivity index is 2.14. The van der Waals surface area contributed by atoms with Crippen LogP contribution in [0.1, 0.15) is 17.3 Å². The first-order valence-electron chi connectivity index (χ1n) is 7.45. The zero-order valence-electron chi connectivity index (χ0n) is 13.5. The van der Waals surface area contributed by atoms with E-state index in [9.17, 15) is 4.79 Å². The van der Waals surface area contributed by atoms with Crippen molar-refractivity contribution in [2.45, 2.75) is 6.92 Å². The van der Waals surface area contributed by atoms with E-state index < -0.39 is 5.91 Å². The molecule has 134 valence electrons. The molecule has 1 heterocycles. The average molecular weight is 385 g/mol. The van der Waals surface area contributed by atoms with Gasteiger partial charge in [0.25, 0.3) is 5.91 Å². The van der Waals surface area contributed by atoms with Gasteiger partial charge in [-0.05, 0) is 25.1 Å². The lowest BCUT2D eigenvalue weighted by Crippen LogP contribution is -2.32. The summed E-state index contributed by atoms with van der Waals surface area (Å²) in [6, 6.07) is 4.55. The summed E-state index contributed by atoms with van der Waals surface area (Å²) in [5, 5.41) is 9.77. The van der Waals surface area contributed by atoms with Crippen LogP contribution in [0.25, 0.3) is 0 Å². The summed E-state index contributed by atoms with van der Waals surface area (Å²) in [6.07, 6.45) is 1.31. The molecule has 0 aliphatic rings. The van der Waals surface area contributed by atoms with Crippen LogP contribution in [-0.4, -0.2) is 40.7 Å². The van der Waals surface area contributed by atoms with E-state index >= 15 is 0 Å². The number of hydrogen-bond donors (Lipinski definition) is 4. The number of amides is 1. The van der Waals surface area contributed by atoms with Gasteiger partial charge in [0.15, 0.2) is 11.6 Å². The molecule has 0 unspecified atom stereocenters. The molecular weight excluding hydrogens is 367 g/mol. The number of aromatic nitrogens is 2. The highest BCUT2D eigenvalue weighted by Gasteiger charge is 2.15. The Bertz CT molecular complexity index is 759. The van der Waals surface area contributed by atoms with E-state index in [1.54, 1.807) is 11.0 Å². The Morgan fingerprint density at radius 3 is 2.76 bits per heavy atom. The Kier molecular flexibility index (Phi) is 6.63. The number of aliphatic hydroxyl groups is 1. The molecule has 0 atom stereocenters. The standard InChI is InChI=1S/C15H18Cl2N6O2/c1-2-23(5-6-24)14-12(18)13(19-8-20-14)21-22-15(25)10-4-3-9(16)7-11(10)17/h3-4,7-8,24H,2,5-6,18H2,1H3,(H,22,25)(H,19,20,21). The van der Waals surface area contributed by atoms with Gasteiger partial charge in [0, 0.05) is 18.1 Å². The summed E-state index contributed by atoms with van der Waals surface area (Å²) < 4.78 is 0. The highest BCUT2D eigenvalue weighted by atomic mass is 35.5. The van der Waals surface area contributed by atoms with E-state index in [1.165, 1.54) is 18.5 Å². The maximum atomic E-state index is 12.2. The first-order chi connectivity index (χ1) is 12.0. The molecule has 0 spiro atoms. The van der Waals surface area contributed by atoms with Gasteiger partial charge in [-0.25, -0.2) is 9.97 Å². The number of benzene rings is 1. The van der Waals surface area contributed by atoms with Gasteiger partial charge in [0.1, 0.15) is 12.0 Å². The molecule has 2 aromatic rings. The highest BCUT2D eigenvalue weighted by Crippen LogP contribution is 2.25. The number of nitrogens with two attached hydrogens (primary N) is 1. The molecule has 0 fully saturated rings. The third kappa shape index (κ3) is 4.62. The van der Waals surface area contributed by atoms with Gasteiger partial charge in [0.2, 0.25) is 0 Å². The van der Waals surface area contributed by atoms with Crippen LogP contribution < -0.4 is 21.5 Å². The van der Waals surface area contributed by atoms with Crippen LogP contribution in [0, 0.1) is 0 Å². The quantitative estimate of drug-likeness (QED) is 0.538. The number of carbonyl (C=O) groups is 1. The van der Waals surface area contributed by atoms with E-state index in [0.29, 0.717) is 23.9 Å². The van der Waals surface area contributed by atoms with Crippen molar-refractivity contribution in [1.82, 2.24) is 15.4 Å². The number of rotatable bonds is 7. The molecule has 0 saturated carbocycles. The Hall–Kier alpha value is -2.29. The van der Waals surface area contributed by atoms with E-state index in [4.69, 9.17) is 34.0 Å². The molecule has 0 radical (unpaired) electrons. The van der Waals surface area contributed by atoms with Crippen molar-refractivity contribution in [3.63, 3.8) is 0 Å². The number of nitrogen functional groups attached to an aromatic ring is 1. The number of hydrazine groups is 1. The third-order valence-electron chi connectivity index (χ3n) is 3.38. The normalized spacial score (nSPS) is 10.4. The average Bonchev–Trinajstić information content (AvgIpc) is 2.59. The molecule has 10 heteroatoms. The molecule has 1 amide bonds. The van der Waals surface area contributed by atoms with E-state index in [0.717, 1.165) is 0 Å². The fraction of sp³-hybridized carbons (Fsp3) is 0.267. The SMILES string of the molecule is CCN(CCO)c1ncnc(NNC(=O)c2ccc(Cl)cc2Cl)c1N. The highest BCUT2D eigenvalue weighted by molar-refractivity contribution is 6.36. The maximum Gasteiger partial charge on any atom is 0.271 e. The number of nitrogens with zero attached hydrogens (tertiary/aromatic N) is 3. The Labute approximate surface area is 154 Å². The molecule has 1 aromatic carbocycles. The number of anilines is 3. The lowest BCUT2D eigenvalue weighted by atomic mass is 10.2. The minimum Gasteiger partial charge on any atom is -0.395 e. The lowest BCUT2D eigenvalue weighted by molar-refractivity contribution is 0.0962. The third-order valence-corrected chi connectivity index (χ3v) is 3.93. The fourth-order valence-corrected chi connectivity index (χ4v) is 2.62. The summed E-state index contributed by atoms with van der Waals surface area (Å²) in [7, 11) is 0. The molecular formula is C15H18Cl2N6O2. The number of likely N-dealkylation sites (N-methyl/N-ethyl adjacent to an activating group) is 1. The number of aliphatic hydroxyl groups excluding tert-OH is 1. The summed E-state index contributed by atoms with van der Waals surface area (Å²) in [5.41, 5.74) is 11.7. The molecule has 0 aliphatic heterocycles. The van der Waals surface area contributed by atoms with Crippen molar-refractivity contribution >= 4 is 46.4 Å². The second-order valence-electron chi connectivity index (χ2n) is 4.97. The van der Waals surface area contributed by atoms with Crippen molar-refractivity contribution in [2.75, 3.05) is 35.8 Å². The zero-order valence-corrected chi connectivity index (χ0v) is 15.0. The van der Waals surface area contributed by atoms with Gasteiger partial charge < -0.3 is 15.7 Å². The van der Waals surface area contributed by atoms with Crippen LogP contribution in [0.5, 0.6) is 0 Å². The first kappa shape index (κ1) is 19.0. The Morgan fingerprint density at radius 1 is 1.36 bits per heavy atom.